The van der Waals surface area contributed by atoms with Gasteiger partial charge in [0.25, 0.3) is 0 Å². The van der Waals surface area contributed by atoms with E-state index in [2.05, 4.69) is 16.8 Å². The van der Waals surface area contributed by atoms with E-state index in [1.54, 1.807) is 36.7 Å². The lowest BCUT2D eigenvalue weighted by Crippen LogP contribution is -2.34. The molecule has 0 spiro atoms. The number of rotatable bonds is 3. The van der Waals surface area contributed by atoms with Gasteiger partial charge in [-0.2, -0.15) is 0 Å². The largest absolute Gasteiger partial charge is 0.454 e. The van der Waals surface area contributed by atoms with E-state index in [9.17, 15) is 4.39 Å². The zero-order valence-corrected chi connectivity index (χ0v) is 12.1. The zero-order valence-electron chi connectivity index (χ0n) is 12.1. The van der Waals surface area contributed by atoms with Crippen molar-refractivity contribution in [2.24, 2.45) is 5.92 Å². The number of hydrogen-bond acceptors (Lipinski definition) is 3. The summed E-state index contributed by atoms with van der Waals surface area (Å²) in [5.74, 6) is 1.16. The summed E-state index contributed by atoms with van der Waals surface area (Å²) in [7, 11) is 0. The summed E-state index contributed by atoms with van der Waals surface area (Å²) in [6.07, 6.45) is 5.66. The first-order valence-electron chi connectivity index (χ1n) is 7.35. The minimum atomic E-state index is -0.331. The molecule has 110 valence electrons. The van der Waals surface area contributed by atoms with Gasteiger partial charge in [0.2, 0.25) is 0 Å². The lowest BCUT2D eigenvalue weighted by molar-refractivity contribution is 0.436. The Morgan fingerprint density at radius 2 is 2.05 bits per heavy atom. The van der Waals surface area contributed by atoms with Gasteiger partial charge in [-0.1, -0.05) is 6.92 Å². The van der Waals surface area contributed by atoms with E-state index in [0.717, 1.165) is 25.2 Å². The molecule has 4 heteroatoms. The first-order chi connectivity index (χ1) is 10.2. The molecule has 1 aromatic heterocycles. The second-order valence-corrected chi connectivity index (χ2v) is 5.59. The number of aromatic nitrogens is 1. The quantitative estimate of drug-likeness (QED) is 0.843. The molecule has 1 aliphatic rings. The second kappa shape index (κ2) is 6.12. The molecule has 2 heterocycles. The van der Waals surface area contributed by atoms with Gasteiger partial charge >= 0.3 is 0 Å². The first kappa shape index (κ1) is 13.9. The average Bonchev–Trinajstić information content (AvgIpc) is 2.50. The van der Waals surface area contributed by atoms with Crippen molar-refractivity contribution in [1.82, 2.24) is 4.98 Å². The molecular weight excluding hydrogens is 267 g/mol. The van der Waals surface area contributed by atoms with Crippen molar-refractivity contribution in [1.29, 1.82) is 0 Å². The standard InChI is InChI=1S/C17H19FN2O/c1-13-3-2-10-20(12-13)14-4-5-17(16(18)11-14)21-15-6-8-19-9-7-15/h4-9,11,13H,2-3,10,12H2,1H3. The molecule has 21 heavy (non-hydrogen) atoms. The Morgan fingerprint density at radius 1 is 1.24 bits per heavy atom. The molecule has 1 atom stereocenters. The summed E-state index contributed by atoms with van der Waals surface area (Å²) in [5, 5.41) is 0. The van der Waals surface area contributed by atoms with Gasteiger partial charge in [-0.15, -0.1) is 0 Å². The Labute approximate surface area is 124 Å². The van der Waals surface area contributed by atoms with Crippen LogP contribution < -0.4 is 9.64 Å². The van der Waals surface area contributed by atoms with Gasteiger partial charge in [-0.25, -0.2) is 4.39 Å². The van der Waals surface area contributed by atoms with Crippen LogP contribution in [0.4, 0.5) is 10.1 Å². The predicted molar refractivity (Wildman–Crippen MR) is 81.3 cm³/mol. The number of anilines is 1. The maximum atomic E-state index is 14.2. The lowest BCUT2D eigenvalue weighted by atomic mass is 10.00. The van der Waals surface area contributed by atoms with Crippen LogP contribution in [0.3, 0.4) is 0 Å². The van der Waals surface area contributed by atoms with Crippen molar-refractivity contribution in [3.05, 3.63) is 48.5 Å². The van der Waals surface area contributed by atoms with Crippen LogP contribution in [-0.2, 0) is 0 Å². The van der Waals surface area contributed by atoms with Gasteiger partial charge < -0.3 is 9.64 Å². The number of pyridine rings is 1. The highest BCUT2D eigenvalue weighted by Crippen LogP contribution is 2.29. The number of benzene rings is 1. The number of halogens is 1. The third-order valence-corrected chi connectivity index (χ3v) is 3.82. The molecule has 3 nitrogen and oxygen atoms in total. The molecule has 3 rings (SSSR count). The van der Waals surface area contributed by atoms with E-state index in [4.69, 9.17) is 4.74 Å². The Kier molecular flexibility index (Phi) is 4.04. The summed E-state index contributed by atoms with van der Waals surface area (Å²) in [6.45, 7) is 4.22. The maximum Gasteiger partial charge on any atom is 0.167 e. The fourth-order valence-electron chi connectivity index (χ4n) is 2.73. The molecule has 1 saturated heterocycles. The van der Waals surface area contributed by atoms with Crippen molar-refractivity contribution in [2.75, 3.05) is 18.0 Å². The van der Waals surface area contributed by atoms with Crippen LogP contribution in [-0.4, -0.2) is 18.1 Å². The summed E-state index contributed by atoms with van der Waals surface area (Å²) < 4.78 is 19.8. The van der Waals surface area contributed by atoms with Gasteiger partial charge in [0, 0.05) is 37.2 Å². The minimum absolute atomic E-state index is 0.245. The molecule has 0 N–H and O–H groups in total. The minimum Gasteiger partial charge on any atom is -0.454 e. The summed E-state index contributed by atoms with van der Waals surface area (Å²) in [4.78, 5) is 6.15. The summed E-state index contributed by atoms with van der Waals surface area (Å²) in [5.41, 5.74) is 0.932. The topological polar surface area (TPSA) is 25.4 Å². The van der Waals surface area contributed by atoms with Crippen LogP contribution in [0.2, 0.25) is 0 Å². The van der Waals surface area contributed by atoms with Crippen LogP contribution in [0, 0.1) is 11.7 Å². The van der Waals surface area contributed by atoms with E-state index in [0.29, 0.717) is 11.7 Å². The van der Waals surface area contributed by atoms with Gasteiger partial charge in [-0.3, -0.25) is 4.98 Å². The van der Waals surface area contributed by atoms with E-state index < -0.39 is 0 Å². The summed E-state index contributed by atoms with van der Waals surface area (Å²) >= 11 is 0. The molecule has 0 bridgehead atoms. The van der Waals surface area contributed by atoms with Gasteiger partial charge in [-0.05, 0) is 43.0 Å². The Bertz CT molecular complexity index is 603. The van der Waals surface area contributed by atoms with Crippen molar-refractivity contribution in [2.45, 2.75) is 19.8 Å². The highest BCUT2D eigenvalue weighted by molar-refractivity contribution is 5.50. The van der Waals surface area contributed by atoms with Crippen LogP contribution in [0.1, 0.15) is 19.8 Å². The number of ether oxygens (including phenoxy) is 1. The van der Waals surface area contributed by atoms with Crippen LogP contribution in [0.5, 0.6) is 11.5 Å². The third-order valence-electron chi connectivity index (χ3n) is 3.82. The molecular formula is C17H19FN2O. The van der Waals surface area contributed by atoms with Crippen LogP contribution >= 0.6 is 0 Å². The van der Waals surface area contributed by atoms with Gasteiger partial charge in [0.1, 0.15) is 5.75 Å². The third kappa shape index (κ3) is 3.32. The fraction of sp³-hybridized carbons (Fsp3) is 0.353. The zero-order chi connectivity index (χ0) is 14.7. The summed E-state index contributed by atoms with van der Waals surface area (Å²) in [6, 6.07) is 8.61. The molecule has 0 radical (unpaired) electrons. The van der Waals surface area contributed by atoms with Crippen molar-refractivity contribution < 1.29 is 9.13 Å². The molecule has 1 aromatic carbocycles. The molecule has 0 aliphatic carbocycles. The molecule has 0 amide bonds. The van der Waals surface area contributed by atoms with Crippen molar-refractivity contribution in [3.63, 3.8) is 0 Å². The predicted octanol–water partition coefficient (Wildman–Crippen LogP) is 4.25. The van der Waals surface area contributed by atoms with E-state index in [1.807, 2.05) is 6.07 Å². The van der Waals surface area contributed by atoms with E-state index in [1.165, 1.54) is 6.42 Å². The molecule has 2 aromatic rings. The maximum absolute atomic E-state index is 14.2. The number of hydrogen-bond donors (Lipinski definition) is 0. The molecule has 1 aliphatic heterocycles. The van der Waals surface area contributed by atoms with E-state index in [-0.39, 0.29) is 11.6 Å². The van der Waals surface area contributed by atoms with E-state index >= 15 is 0 Å². The van der Waals surface area contributed by atoms with Crippen molar-refractivity contribution in [3.8, 4) is 11.5 Å². The lowest BCUT2D eigenvalue weighted by Gasteiger charge is -2.32. The second-order valence-electron chi connectivity index (χ2n) is 5.59. The highest BCUT2D eigenvalue weighted by atomic mass is 19.1. The monoisotopic (exact) mass is 286 g/mol. The van der Waals surface area contributed by atoms with Crippen molar-refractivity contribution >= 4 is 5.69 Å². The average molecular weight is 286 g/mol. The highest BCUT2D eigenvalue weighted by Gasteiger charge is 2.18. The Hall–Kier alpha value is -2.10. The number of nitrogens with zero attached hydrogens (tertiary/aromatic N) is 2. The fourth-order valence-corrected chi connectivity index (χ4v) is 2.73. The normalized spacial score (nSPS) is 18.6. The Morgan fingerprint density at radius 3 is 2.76 bits per heavy atom. The number of piperidine rings is 1. The molecule has 1 unspecified atom stereocenters. The smallest absolute Gasteiger partial charge is 0.167 e. The molecule has 0 saturated carbocycles. The molecule has 1 fully saturated rings. The van der Waals surface area contributed by atoms with Crippen LogP contribution in [0.15, 0.2) is 42.7 Å². The van der Waals surface area contributed by atoms with Gasteiger partial charge in [0.05, 0.1) is 0 Å². The SMILES string of the molecule is CC1CCCN(c2ccc(Oc3ccncc3)c(F)c2)C1. The van der Waals surface area contributed by atoms with Crippen LogP contribution in [0.25, 0.3) is 0 Å². The first-order valence-corrected chi connectivity index (χ1v) is 7.35. The van der Waals surface area contributed by atoms with Gasteiger partial charge in [0.15, 0.2) is 11.6 Å². The Balaban J connectivity index is 1.76.